The van der Waals surface area contributed by atoms with Gasteiger partial charge in [0.25, 0.3) is 0 Å². The number of carbonyl (C=O) groups is 3. The SMILES string of the molecule is CCCCC(=O)c1ccccc1C(=O)SC[C@H](N)C(=O)O. The number of Topliss-reactive ketones (excluding diaryl/α,β-unsaturated/α-hetero) is 1. The van der Waals surface area contributed by atoms with Crippen LogP contribution in [-0.4, -0.2) is 33.8 Å². The molecule has 1 aromatic carbocycles. The summed E-state index contributed by atoms with van der Waals surface area (Å²) in [5.74, 6) is -1.24. The number of rotatable bonds is 8. The molecule has 0 saturated carbocycles. The molecule has 3 N–H and O–H groups in total. The summed E-state index contributed by atoms with van der Waals surface area (Å²) in [5, 5.41) is 8.37. The molecule has 0 radical (unpaired) electrons. The van der Waals surface area contributed by atoms with Gasteiger partial charge in [0.2, 0.25) is 5.12 Å². The Morgan fingerprint density at radius 2 is 1.86 bits per heavy atom. The Balaban J connectivity index is 2.80. The van der Waals surface area contributed by atoms with Gasteiger partial charge in [0.1, 0.15) is 6.04 Å². The number of thioether (sulfide) groups is 1. The van der Waals surface area contributed by atoms with Crippen LogP contribution in [0.25, 0.3) is 0 Å². The predicted octanol–water partition coefficient (Wildman–Crippen LogP) is 2.34. The smallest absolute Gasteiger partial charge is 0.321 e. The van der Waals surface area contributed by atoms with Gasteiger partial charge >= 0.3 is 5.97 Å². The van der Waals surface area contributed by atoms with E-state index in [0.717, 1.165) is 24.6 Å². The van der Waals surface area contributed by atoms with Crippen LogP contribution in [0.3, 0.4) is 0 Å². The maximum atomic E-state index is 12.1. The van der Waals surface area contributed by atoms with Gasteiger partial charge in [-0.3, -0.25) is 14.4 Å². The monoisotopic (exact) mass is 309 g/mol. The third kappa shape index (κ3) is 5.32. The minimum absolute atomic E-state index is 0.0222. The molecule has 0 saturated heterocycles. The molecule has 0 aliphatic heterocycles. The van der Waals surface area contributed by atoms with E-state index in [1.165, 1.54) is 0 Å². The van der Waals surface area contributed by atoms with Gasteiger partial charge in [0, 0.05) is 23.3 Å². The van der Waals surface area contributed by atoms with Crippen molar-refractivity contribution in [2.45, 2.75) is 32.2 Å². The number of carboxylic acids is 1. The Hall–Kier alpha value is -1.66. The zero-order valence-electron chi connectivity index (χ0n) is 11.9. The van der Waals surface area contributed by atoms with Gasteiger partial charge in [-0.2, -0.15) is 0 Å². The van der Waals surface area contributed by atoms with Gasteiger partial charge in [-0.25, -0.2) is 0 Å². The van der Waals surface area contributed by atoms with Crippen LogP contribution < -0.4 is 5.73 Å². The second-order valence-corrected chi connectivity index (χ2v) is 5.61. The summed E-state index contributed by atoms with van der Waals surface area (Å²) in [4.78, 5) is 34.9. The van der Waals surface area contributed by atoms with Crippen LogP contribution in [0.4, 0.5) is 0 Å². The lowest BCUT2D eigenvalue weighted by Gasteiger charge is -2.08. The van der Waals surface area contributed by atoms with Crippen LogP contribution in [0.1, 0.15) is 46.9 Å². The lowest BCUT2D eigenvalue weighted by atomic mass is 10.0. The summed E-state index contributed by atoms with van der Waals surface area (Å²) in [7, 11) is 0. The molecule has 0 amide bonds. The van der Waals surface area contributed by atoms with Crippen molar-refractivity contribution in [3.63, 3.8) is 0 Å². The Labute approximate surface area is 127 Å². The molecule has 6 heteroatoms. The molecule has 0 aromatic heterocycles. The molecule has 0 spiro atoms. The number of hydrogen-bond donors (Lipinski definition) is 2. The van der Waals surface area contributed by atoms with Crippen LogP contribution in [0.15, 0.2) is 24.3 Å². The Bertz CT molecular complexity index is 530. The average molecular weight is 309 g/mol. The van der Waals surface area contributed by atoms with Crippen molar-refractivity contribution in [2.75, 3.05) is 5.75 Å². The Kier molecular flexibility index (Phi) is 7.11. The quantitative estimate of drug-likeness (QED) is 0.715. The van der Waals surface area contributed by atoms with E-state index < -0.39 is 12.0 Å². The molecule has 0 aliphatic carbocycles. The first-order chi connectivity index (χ1) is 9.97. The summed E-state index contributed by atoms with van der Waals surface area (Å²) in [6.45, 7) is 1.99. The molecule has 114 valence electrons. The molecule has 21 heavy (non-hydrogen) atoms. The molecule has 5 nitrogen and oxygen atoms in total. The second kappa shape index (κ2) is 8.59. The third-order valence-corrected chi connectivity index (χ3v) is 3.92. The summed E-state index contributed by atoms with van der Waals surface area (Å²) >= 11 is 0.824. The number of carbonyl (C=O) groups excluding carboxylic acids is 2. The lowest BCUT2D eigenvalue weighted by Crippen LogP contribution is -2.32. The summed E-state index contributed by atoms with van der Waals surface area (Å²) in [6.07, 6.45) is 2.09. The van der Waals surface area contributed by atoms with E-state index in [9.17, 15) is 14.4 Å². The van der Waals surface area contributed by atoms with E-state index in [1.807, 2.05) is 6.92 Å². The van der Waals surface area contributed by atoms with Crippen LogP contribution in [0.2, 0.25) is 0 Å². The fourth-order valence-electron chi connectivity index (χ4n) is 1.69. The largest absolute Gasteiger partial charge is 0.480 e. The van der Waals surface area contributed by atoms with Gasteiger partial charge in [-0.1, -0.05) is 43.3 Å². The highest BCUT2D eigenvalue weighted by Gasteiger charge is 2.19. The number of nitrogens with two attached hydrogens (primary N) is 1. The minimum Gasteiger partial charge on any atom is -0.480 e. The molecule has 1 atom stereocenters. The molecule has 1 rings (SSSR count). The number of aliphatic carboxylic acids is 1. The van der Waals surface area contributed by atoms with E-state index in [1.54, 1.807) is 24.3 Å². The number of carboxylic acid groups (broad SMARTS) is 1. The third-order valence-electron chi connectivity index (χ3n) is 2.92. The lowest BCUT2D eigenvalue weighted by molar-refractivity contribution is -0.137. The van der Waals surface area contributed by atoms with E-state index in [2.05, 4.69) is 0 Å². The number of benzene rings is 1. The van der Waals surface area contributed by atoms with E-state index >= 15 is 0 Å². The molecule has 0 heterocycles. The Morgan fingerprint density at radius 1 is 1.24 bits per heavy atom. The molecule has 0 aliphatic rings. The number of ketones is 1. The van der Waals surface area contributed by atoms with Gasteiger partial charge in [-0.05, 0) is 12.5 Å². The minimum atomic E-state index is -1.15. The second-order valence-electron chi connectivity index (χ2n) is 4.62. The average Bonchev–Trinajstić information content (AvgIpc) is 2.49. The van der Waals surface area contributed by atoms with Crippen LogP contribution in [0, 0.1) is 0 Å². The first-order valence-corrected chi connectivity index (χ1v) is 7.73. The summed E-state index contributed by atoms with van der Waals surface area (Å²) in [6, 6.07) is 5.51. The maximum Gasteiger partial charge on any atom is 0.321 e. The van der Waals surface area contributed by atoms with Crippen molar-refractivity contribution in [1.82, 2.24) is 0 Å². The first-order valence-electron chi connectivity index (χ1n) is 6.75. The van der Waals surface area contributed by atoms with Crippen molar-refractivity contribution in [3.05, 3.63) is 35.4 Å². The van der Waals surface area contributed by atoms with Crippen molar-refractivity contribution in [3.8, 4) is 0 Å². The van der Waals surface area contributed by atoms with Crippen molar-refractivity contribution in [2.24, 2.45) is 5.73 Å². The van der Waals surface area contributed by atoms with Crippen molar-refractivity contribution < 1.29 is 19.5 Å². The molecular weight excluding hydrogens is 290 g/mol. The zero-order chi connectivity index (χ0) is 15.8. The normalized spacial score (nSPS) is 11.9. The van der Waals surface area contributed by atoms with E-state index in [0.29, 0.717) is 17.5 Å². The molecule has 0 fully saturated rings. The van der Waals surface area contributed by atoms with Crippen molar-refractivity contribution in [1.29, 1.82) is 0 Å². The highest BCUT2D eigenvalue weighted by Crippen LogP contribution is 2.19. The van der Waals surface area contributed by atoms with Gasteiger partial charge in [-0.15, -0.1) is 0 Å². The van der Waals surface area contributed by atoms with E-state index in [-0.39, 0.29) is 16.7 Å². The molecule has 1 aromatic rings. The fraction of sp³-hybridized carbons (Fsp3) is 0.400. The van der Waals surface area contributed by atoms with Crippen LogP contribution in [-0.2, 0) is 4.79 Å². The summed E-state index contributed by atoms with van der Waals surface area (Å²) in [5.41, 5.74) is 6.08. The molecular formula is C15H19NO4S. The van der Waals surface area contributed by atoms with Gasteiger partial charge < -0.3 is 10.8 Å². The number of unbranched alkanes of at least 4 members (excludes halogenated alkanes) is 1. The Morgan fingerprint density at radius 3 is 2.43 bits per heavy atom. The highest BCUT2D eigenvalue weighted by molar-refractivity contribution is 8.14. The molecule has 0 bridgehead atoms. The predicted molar refractivity (Wildman–Crippen MR) is 82.7 cm³/mol. The zero-order valence-corrected chi connectivity index (χ0v) is 12.7. The summed E-state index contributed by atoms with van der Waals surface area (Å²) < 4.78 is 0. The van der Waals surface area contributed by atoms with Gasteiger partial charge in [0.15, 0.2) is 5.78 Å². The standard InChI is InChI=1S/C15H19NO4S/c1-2-3-8-13(17)10-6-4-5-7-11(10)15(20)21-9-12(16)14(18)19/h4-7,12H,2-3,8-9,16H2,1H3,(H,18,19)/t12-/m0/s1. The van der Waals surface area contributed by atoms with E-state index in [4.69, 9.17) is 10.8 Å². The van der Waals surface area contributed by atoms with Crippen LogP contribution >= 0.6 is 11.8 Å². The topological polar surface area (TPSA) is 97.5 Å². The molecule has 0 unspecified atom stereocenters. The van der Waals surface area contributed by atoms with Gasteiger partial charge in [0.05, 0.1) is 0 Å². The van der Waals surface area contributed by atoms with Crippen LogP contribution in [0.5, 0.6) is 0 Å². The first kappa shape index (κ1) is 17.4. The number of hydrogen-bond acceptors (Lipinski definition) is 5. The van der Waals surface area contributed by atoms with Crippen molar-refractivity contribution >= 4 is 28.6 Å². The maximum absolute atomic E-state index is 12.1. The fourth-order valence-corrected chi connectivity index (χ4v) is 2.50. The highest BCUT2D eigenvalue weighted by atomic mass is 32.2.